The van der Waals surface area contributed by atoms with Crippen LogP contribution in [0.15, 0.2) is 66.7 Å². The van der Waals surface area contributed by atoms with Gasteiger partial charge in [-0.05, 0) is 58.5 Å². The van der Waals surface area contributed by atoms with Crippen molar-refractivity contribution >= 4 is 5.91 Å². The first-order valence-electron chi connectivity index (χ1n) is 11.1. The Balaban J connectivity index is 1.64. The van der Waals surface area contributed by atoms with E-state index in [4.69, 9.17) is 4.74 Å². The third-order valence-corrected chi connectivity index (χ3v) is 6.19. The summed E-state index contributed by atoms with van der Waals surface area (Å²) in [5, 5.41) is 32.8. The number of aryl methyl sites for hydroxylation is 1. The molecule has 6 nitrogen and oxygen atoms in total. The Labute approximate surface area is 193 Å². The molecule has 4 N–H and O–H groups in total. The smallest absolute Gasteiger partial charge is 0.251 e. The number of hydrogen-bond donors (Lipinski definition) is 4. The van der Waals surface area contributed by atoms with E-state index in [-0.39, 0.29) is 18.9 Å². The highest BCUT2D eigenvalue weighted by Crippen LogP contribution is 2.35. The van der Waals surface area contributed by atoms with Crippen molar-refractivity contribution in [2.24, 2.45) is 0 Å². The minimum atomic E-state index is -1.06. The molecule has 3 aromatic carbocycles. The highest BCUT2D eigenvalue weighted by Gasteiger charge is 2.37. The first kappa shape index (κ1) is 23.1. The van der Waals surface area contributed by atoms with Gasteiger partial charge in [-0.15, -0.1) is 0 Å². The van der Waals surface area contributed by atoms with Gasteiger partial charge in [0.1, 0.15) is 12.2 Å². The molecule has 0 saturated carbocycles. The molecule has 0 bridgehead atoms. The Hall–Kier alpha value is -3.03. The maximum atomic E-state index is 12.0. The van der Waals surface area contributed by atoms with Crippen LogP contribution in [-0.4, -0.2) is 53.2 Å². The molecule has 1 amide bonds. The number of nitrogens with one attached hydrogen (secondary N) is 1. The van der Waals surface area contributed by atoms with Crippen molar-refractivity contribution in [2.45, 2.75) is 37.8 Å². The summed E-state index contributed by atoms with van der Waals surface area (Å²) in [4.78, 5) is 12.0. The molecule has 3 aromatic rings. The van der Waals surface area contributed by atoms with Crippen LogP contribution in [-0.2, 0) is 4.74 Å². The van der Waals surface area contributed by atoms with Crippen molar-refractivity contribution < 1.29 is 24.9 Å². The average Bonchev–Trinajstić information content (AvgIpc) is 2.85. The molecular formula is C27H29NO5. The topological polar surface area (TPSA) is 99.0 Å². The average molecular weight is 448 g/mol. The van der Waals surface area contributed by atoms with Gasteiger partial charge in [-0.3, -0.25) is 4.79 Å². The number of carbonyl (C=O) groups excluding carboxylic acids is 1. The number of amides is 1. The van der Waals surface area contributed by atoms with Crippen molar-refractivity contribution in [3.05, 3.63) is 83.4 Å². The van der Waals surface area contributed by atoms with Crippen LogP contribution in [0.5, 0.6) is 0 Å². The standard InChI is InChI=1S/C27H29NO5/c1-16-11-18(17-5-3-8-21(12-17)27(32)28-2)9-10-23(16)19-6-4-7-20(13-19)26-25(31)24(30)14-22(15-29)33-26/h3-13,22,24-26,29-31H,14-15H2,1-2H3,(H,28,32)/t22-,24-,25-,26+/m0/s1. The van der Waals surface area contributed by atoms with Gasteiger partial charge < -0.3 is 25.4 Å². The second-order valence-electron chi connectivity index (χ2n) is 8.47. The van der Waals surface area contributed by atoms with Crippen molar-refractivity contribution in [1.29, 1.82) is 0 Å². The number of hydrogen-bond acceptors (Lipinski definition) is 5. The summed E-state index contributed by atoms with van der Waals surface area (Å²) >= 11 is 0. The van der Waals surface area contributed by atoms with E-state index in [1.165, 1.54) is 0 Å². The van der Waals surface area contributed by atoms with Crippen molar-refractivity contribution in [1.82, 2.24) is 5.32 Å². The van der Waals surface area contributed by atoms with E-state index in [1.807, 2.05) is 61.5 Å². The van der Waals surface area contributed by atoms with Crippen LogP contribution < -0.4 is 5.32 Å². The van der Waals surface area contributed by atoms with Gasteiger partial charge >= 0.3 is 0 Å². The van der Waals surface area contributed by atoms with Crippen molar-refractivity contribution in [3.8, 4) is 22.3 Å². The van der Waals surface area contributed by atoms with Crippen molar-refractivity contribution in [3.63, 3.8) is 0 Å². The van der Waals surface area contributed by atoms with E-state index in [0.29, 0.717) is 5.56 Å². The third kappa shape index (κ3) is 4.84. The highest BCUT2D eigenvalue weighted by molar-refractivity contribution is 5.95. The van der Waals surface area contributed by atoms with Gasteiger partial charge in [-0.25, -0.2) is 0 Å². The Morgan fingerprint density at radius 1 is 1.00 bits per heavy atom. The minimum Gasteiger partial charge on any atom is -0.394 e. The maximum Gasteiger partial charge on any atom is 0.251 e. The van der Waals surface area contributed by atoms with Gasteiger partial charge in [0, 0.05) is 19.0 Å². The van der Waals surface area contributed by atoms with Crippen LogP contribution in [0.1, 0.15) is 34.0 Å². The number of benzene rings is 3. The van der Waals surface area contributed by atoms with Crippen molar-refractivity contribution in [2.75, 3.05) is 13.7 Å². The zero-order valence-electron chi connectivity index (χ0n) is 18.7. The summed E-state index contributed by atoms with van der Waals surface area (Å²) in [5.74, 6) is -0.123. The minimum absolute atomic E-state index is 0.123. The molecule has 0 aromatic heterocycles. The molecule has 4 rings (SSSR count). The quantitative estimate of drug-likeness (QED) is 0.481. The first-order chi connectivity index (χ1) is 15.9. The predicted molar refractivity (Wildman–Crippen MR) is 127 cm³/mol. The summed E-state index contributed by atoms with van der Waals surface area (Å²) in [6, 6.07) is 21.4. The molecule has 33 heavy (non-hydrogen) atoms. The molecule has 4 atom stereocenters. The molecule has 1 aliphatic heterocycles. The SMILES string of the molecule is CNC(=O)c1cccc(-c2ccc(-c3cccc([C@H]4O[C@H](CO)C[C@H](O)[C@@H]4O)c3)c(C)c2)c1. The Morgan fingerprint density at radius 2 is 1.73 bits per heavy atom. The number of carbonyl (C=O) groups is 1. The summed E-state index contributed by atoms with van der Waals surface area (Å²) in [5.41, 5.74) is 6.39. The van der Waals surface area contributed by atoms with Crippen LogP contribution in [0, 0.1) is 6.92 Å². The van der Waals surface area contributed by atoms with Gasteiger partial charge in [0.25, 0.3) is 5.91 Å². The van der Waals surface area contributed by atoms with E-state index >= 15 is 0 Å². The molecule has 1 fully saturated rings. The lowest BCUT2D eigenvalue weighted by Crippen LogP contribution is -2.44. The number of aliphatic hydroxyl groups is 3. The number of ether oxygens (including phenoxy) is 1. The van der Waals surface area contributed by atoms with Gasteiger partial charge in [-0.1, -0.05) is 48.5 Å². The lowest BCUT2D eigenvalue weighted by atomic mass is 9.90. The molecule has 1 heterocycles. The van der Waals surface area contributed by atoms with Crippen LogP contribution in [0.3, 0.4) is 0 Å². The van der Waals surface area contributed by atoms with Gasteiger partial charge in [-0.2, -0.15) is 0 Å². The molecule has 0 radical (unpaired) electrons. The first-order valence-corrected chi connectivity index (χ1v) is 11.1. The monoisotopic (exact) mass is 447 g/mol. The van der Waals surface area contributed by atoms with E-state index in [9.17, 15) is 20.1 Å². The lowest BCUT2D eigenvalue weighted by molar-refractivity contribution is -0.179. The van der Waals surface area contributed by atoms with Gasteiger partial charge in [0.15, 0.2) is 0 Å². The second kappa shape index (κ2) is 9.85. The van der Waals surface area contributed by atoms with E-state index in [1.54, 1.807) is 13.1 Å². The second-order valence-corrected chi connectivity index (χ2v) is 8.47. The van der Waals surface area contributed by atoms with Crippen LogP contribution >= 0.6 is 0 Å². The van der Waals surface area contributed by atoms with Gasteiger partial charge in [0.2, 0.25) is 0 Å². The summed E-state index contributed by atoms with van der Waals surface area (Å²) in [7, 11) is 1.62. The molecule has 6 heteroatoms. The normalized spacial score (nSPS) is 22.7. The fourth-order valence-electron chi connectivity index (χ4n) is 4.38. The molecule has 0 unspecified atom stereocenters. The Morgan fingerprint density at radius 3 is 2.45 bits per heavy atom. The molecule has 0 aliphatic carbocycles. The lowest BCUT2D eigenvalue weighted by Gasteiger charge is -2.37. The Kier molecular flexibility index (Phi) is 6.91. The van der Waals surface area contributed by atoms with Gasteiger partial charge in [0.05, 0.1) is 18.8 Å². The molecule has 1 saturated heterocycles. The summed E-state index contributed by atoms with van der Waals surface area (Å²) in [6.07, 6.45) is -3.02. The zero-order valence-corrected chi connectivity index (χ0v) is 18.7. The highest BCUT2D eigenvalue weighted by atomic mass is 16.5. The molecular weight excluding hydrogens is 418 g/mol. The fraction of sp³-hybridized carbons (Fsp3) is 0.296. The fourth-order valence-corrected chi connectivity index (χ4v) is 4.38. The van der Waals surface area contributed by atoms with Crippen LogP contribution in [0.4, 0.5) is 0 Å². The molecule has 172 valence electrons. The molecule has 1 aliphatic rings. The third-order valence-electron chi connectivity index (χ3n) is 6.19. The van der Waals surface area contributed by atoms with Crippen LogP contribution in [0.25, 0.3) is 22.3 Å². The maximum absolute atomic E-state index is 12.0. The summed E-state index contributed by atoms with van der Waals surface area (Å²) in [6.45, 7) is 1.83. The van der Waals surface area contributed by atoms with E-state index < -0.39 is 24.4 Å². The number of rotatable bonds is 5. The van der Waals surface area contributed by atoms with E-state index in [0.717, 1.165) is 33.4 Å². The van der Waals surface area contributed by atoms with Crippen LogP contribution in [0.2, 0.25) is 0 Å². The van der Waals surface area contributed by atoms with E-state index in [2.05, 4.69) is 11.4 Å². The Bertz CT molecular complexity index is 1140. The predicted octanol–water partition coefficient (Wildman–Crippen LogP) is 3.23. The molecule has 0 spiro atoms. The largest absolute Gasteiger partial charge is 0.394 e. The summed E-state index contributed by atoms with van der Waals surface area (Å²) < 4.78 is 5.85. The number of aliphatic hydroxyl groups excluding tert-OH is 3. The zero-order chi connectivity index (χ0) is 23.5.